The lowest BCUT2D eigenvalue weighted by molar-refractivity contribution is 0.0305. The molecule has 3 nitrogen and oxygen atoms in total. The average Bonchev–Trinajstić information content (AvgIpc) is 2.58. The Morgan fingerprint density at radius 2 is 1.94 bits per heavy atom. The predicted molar refractivity (Wildman–Crippen MR) is 60.9 cm³/mol. The third kappa shape index (κ3) is 1.63. The van der Waals surface area contributed by atoms with Gasteiger partial charge in [-0.1, -0.05) is 0 Å². The number of halogens is 1. The van der Waals surface area contributed by atoms with E-state index in [0.717, 1.165) is 31.6 Å². The first-order chi connectivity index (χ1) is 7.72. The third-order valence-electron chi connectivity index (χ3n) is 3.37. The summed E-state index contributed by atoms with van der Waals surface area (Å²) in [6.07, 6.45) is 2.90. The highest BCUT2D eigenvalue weighted by Gasteiger charge is 2.34. The Labute approximate surface area is 94.0 Å². The summed E-state index contributed by atoms with van der Waals surface area (Å²) in [5.74, 6) is -0.280. The van der Waals surface area contributed by atoms with Gasteiger partial charge in [0.1, 0.15) is 5.82 Å². The summed E-state index contributed by atoms with van der Waals surface area (Å²) in [6.45, 7) is 1.73. The summed E-state index contributed by atoms with van der Waals surface area (Å²) in [5, 5.41) is 0. The van der Waals surface area contributed by atoms with Crippen molar-refractivity contribution in [3.8, 4) is 0 Å². The van der Waals surface area contributed by atoms with Gasteiger partial charge in [0.25, 0.3) is 0 Å². The molecule has 0 saturated carbocycles. The van der Waals surface area contributed by atoms with Crippen LogP contribution < -0.4 is 10.6 Å². The van der Waals surface area contributed by atoms with Gasteiger partial charge in [-0.25, -0.2) is 4.39 Å². The third-order valence-corrected chi connectivity index (χ3v) is 3.37. The van der Waals surface area contributed by atoms with Gasteiger partial charge in [-0.3, -0.25) is 0 Å². The molecule has 3 rings (SSSR count). The molecule has 0 aromatic heterocycles. The predicted octanol–water partition coefficient (Wildman–Crippen LogP) is 1.78. The van der Waals surface area contributed by atoms with E-state index < -0.39 is 0 Å². The smallest absolute Gasteiger partial charge is 0.125 e. The van der Waals surface area contributed by atoms with Crippen molar-refractivity contribution in [1.82, 2.24) is 0 Å². The number of anilines is 2. The van der Waals surface area contributed by atoms with Crippen molar-refractivity contribution in [3.05, 3.63) is 24.0 Å². The molecule has 2 bridgehead atoms. The molecule has 2 fully saturated rings. The van der Waals surface area contributed by atoms with E-state index in [1.807, 2.05) is 0 Å². The van der Waals surface area contributed by atoms with Gasteiger partial charge < -0.3 is 15.4 Å². The first-order valence-corrected chi connectivity index (χ1v) is 5.68. The number of hydrogen-bond donors (Lipinski definition) is 1. The minimum atomic E-state index is -0.280. The van der Waals surface area contributed by atoms with Crippen LogP contribution in [0.15, 0.2) is 18.2 Å². The molecular formula is C12H15FN2O. The molecule has 2 saturated heterocycles. The number of nitrogens with two attached hydrogens (primary N) is 1. The van der Waals surface area contributed by atoms with Crippen LogP contribution in [0, 0.1) is 5.82 Å². The maximum Gasteiger partial charge on any atom is 0.125 e. The van der Waals surface area contributed by atoms with Crippen molar-refractivity contribution < 1.29 is 9.13 Å². The van der Waals surface area contributed by atoms with Gasteiger partial charge in [0.15, 0.2) is 0 Å². The quantitative estimate of drug-likeness (QED) is 0.736. The highest BCUT2D eigenvalue weighted by molar-refractivity contribution is 5.67. The molecular weight excluding hydrogens is 207 g/mol. The molecule has 0 radical (unpaired) electrons. The van der Waals surface area contributed by atoms with Crippen LogP contribution in [-0.4, -0.2) is 25.3 Å². The van der Waals surface area contributed by atoms with Gasteiger partial charge in [0.05, 0.1) is 23.6 Å². The SMILES string of the molecule is Nc1cc(F)ccc1N1CC2CCC(C1)O2. The van der Waals surface area contributed by atoms with E-state index in [2.05, 4.69) is 4.90 Å². The molecule has 1 aromatic rings. The monoisotopic (exact) mass is 222 g/mol. The average molecular weight is 222 g/mol. The topological polar surface area (TPSA) is 38.5 Å². The van der Waals surface area contributed by atoms with Gasteiger partial charge in [-0.05, 0) is 31.0 Å². The molecule has 0 amide bonds. The molecule has 0 spiro atoms. The second-order valence-electron chi connectivity index (χ2n) is 4.57. The van der Waals surface area contributed by atoms with E-state index in [4.69, 9.17) is 10.5 Å². The van der Waals surface area contributed by atoms with Crippen LogP contribution in [0.4, 0.5) is 15.8 Å². The maximum atomic E-state index is 13.0. The summed E-state index contributed by atoms with van der Waals surface area (Å²) in [4.78, 5) is 2.21. The number of ether oxygens (including phenoxy) is 1. The Bertz CT molecular complexity index is 398. The summed E-state index contributed by atoms with van der Waals surface area (Å²) in [6, 6.07) is 4.60. The van der Waals surface area contributed by atoms with Gasteiger partial charge in [-0.15, -0.1) is 0 Å². The zero-order valence-corrected chi connectivity index (χ0v) is 9.03. The second kappa shape index (κ2) is 3.63. The highest BCUT2D eigenvalue weighted by Crippen LogP contribution is 2.32. The zero-order chi connectivity index (χ0) is 11.1. The molecule has 2 heterocycles. The van der Waals surface area contributed by atoms with Crippen LogP contribution in [0.2, 0.25) is 0 Å². The van der Waals surface area contributed by atoms with Crippen LogP contribution >= 0.6 is 0 Å². The van der Waals surface area contributed by atoms with E-state index >= 15 is 0 Å². The van der Waals surface area contributed by atoms with Crippen LogP contribution in [0.25, 0.3) is 0 Å². The number of nitrogens with zero attached hydrogens (tertiary/aromatic N) is 1. The second-order valence-corrected chi connectivity index (χ2v) is 4.57. The Kier molecular flexibility index (Phi) is 2.24. The molecule has 1 aromatic carbocycles. The first-order valence-electron chi connectivity index (χ1n) is 5.68. The fourth-order valence-corrected chi connectivity index (χ4v) is 2.62. The summed E-state index contributed by atoms with van der Waals surface area (Å²) < 4.78 is 18.7. The van der Waals surface area contributed by atoms with Crippen LogP contribution in [0.3, 0.4) is 0 Å². The lowest BCUT2D eigenvalue weighted by Crippen LogP contribution is -2.42. The van der Waals surface area contributed by atoms with Crippen molar-refractivity contribution in [2.45, 2.75) is 25.0 Å². The fraction of sp³-hybridized carbons (Fsp3) is 0.500. The van der Waals surface area contributed by atoms with Gasteiger partial charge in [0, 0.05) is 13.1 Å². The summed E-state index contributed by atoms with van der Waals surface area (Å²) in [5.41, 5.74) is 7.29. The first kappa shape index (κ1) is 9.90. The van der Waals surface area contributed by atoms with Crippen LogP contribution in [-0.2, 0) is 4.74 Å². The van der Waals surface area contributed by atoms with Crippen molar-refractivity contribution in [1.29, 1.82) is 0 Å². The summed E-state index contributed by atoms with van der Waals surface area (Å²) in [7, 11) is 0. The molecule has 0 aliphatic carbocycles. The fourth-order valence-electron chi connectivity index (χ4n) is 2.62. The lowest BCUT2D eigenvalue weighted by Gasteiger charge is -2.34. The van der Waals surface area contributed by atoms with Crippen LogP contribution in [0.1, 0.15) is 12.8 Å². The molecule has 2 aliphatic rings. The molecule has 2 unspecified atom stereocenters. The van der Waals surface area contributed by atoms with Gasteiger partial charge in [-0.2, -0.15) is 0 Å². The Balaban J connectivity index is 1.87. The standard InChI is InChI=1S/C12H15FN2O/c13-8-1-4-12(11(14)5-8)15-6-9-2-3-10(7-15)16-9/h1,4-5,9-10H,2-3,6-7,14H2. The number of fused-ring (bicyclic) bond motifs is 2. The molecule has 2 atom stereocenters. The summed E-state index contributed by atoms with van der Waals surface area (Å²) >= 11 is 0. The normalized spacial score (nSPS) is 28.4. The van der Waals surface area contributed by atoms with Crippen molar-refractivity contribution >= 4 is 11.4 Å². The Hall–Kier alpha value is -1.29. The highest BCUT2D eigenvalue weighted by atomic mass is 19.1. The van der Waals surface area contributed by atoms with Crippen LogP contribution in [0.5, 0.6) is 0 Å². The van der Waals surface area contributed by atoms with E-state index in [1.54, 1.807) is 6.07 Å². The number of nitrogen functional groups attached to an aromatic ring is 1. The van der Waals surface area contributed by atoms with E-state index in [9.17, 15) is 4.39 Å². The molecule has 2 aliphatic heterocycles. The van der Waals surface area contributed by atoms with E-state index in [1.165, 1.54) is 12.1 Å². The lowest BCUT2D eigenvalue weighted by atomic mass is 10.2. The number of morpholine rings is 1. The van der Waals surface area contributed by atoms with Crippen molar-refractivity contribution in [3.63, 3.8) is 0 Å². The van der Waals surface area contributed by atoms with Crippen molar-refractivity contribution in [2.75, 3.05) is 23.7 Å². The minimum absolute atomic E-state index is 0.280. The molecule has 4 heteroatoms. The number of hydrogen-bond acceptors (Lipinski definition) is 3. The zero-order valence-electron chi connectivity index (χ0n) is 9.03. The van der Waals surface area contributed by atoms with Crippen molar-refractivity contribution in [2.24, 2.45) is 0 Å². The molecule has 16 heavy (non-hydrogen) atoms. The Morgan fingerprint density at radius 3 is 2.56 bits per heavy atom. The maximum absolute atomic E-state index is 13.0. The Morgan fingerprint density at radius 1 is 1.25 bits per heavy atom. The number of benzene rings is 1. The van der Waals surface area contributed by atoms with Gasteiger partial charge >= 0.3 is 0 Å². The molecule has 2 N–H and O–H groups in total. The minimum Gasteiger partial charge on any atom is -0.397 e. The largest absolute Gasteiger partial charge is 0.397 e. The van der Waals surface area contributed by atoms with E-state index in [0.29, 0.717) is 17.9 Å². The van der Waals surface area contributed by atoms with Gasteiger partial charge in [0.2, 0.25) is 0 Å². The number of rotatable bonds is 1. The molecule has 86 valence electrons. The van der Waals surface area contributed by atoms with E-state index in [-0.39, 0.29) is 5.82 Å².